The molecule has 0 spiro atoms. The number of nitrogens with one attached hydrogen (secondary N) is 1. The molecular weight excluding hydrogens is 156 g/mol. The summed E-state index contributed by atoms with van der Waals surface area (Å²) in [7, 11) is 1.55. The predicted octanol–water partition coefficient (Wildman–Crippen LogP) is -0.125. The Morgan fingerprint density at radius 2 is 2.25 bits per heavy atom. The van der Waals surface area contributed by atoms with Gasteiger partial charge in [0, 0.05) is 13.2 Å². The molecule has 4 heteroatoms. The van der Waals surface area contributed by atoms with E-state index in [1.807, 2.05) is 13.8 Å². The van der Waals surface area contributed by atoms with Gasteiger partial charge < -0.3 is 15.8 Å². The van der Waals surface area contributed by atoms with Crippen molar-refractivity contribution >= 4 is 5.91 Å². The van der Waals surface area contributed by atoms with Gasteiger partial charge in [-0.15, -0.1) is 0 Å². The van der Waals surface area contributed by atoms with E-state index in [9.17, 15) is 4.79 Å². The number of rotatable bonds is 6. The summed E-state index contributed by atoms with van der Waals surface area (Å²) < 4.78 is 4.85. The highest BCUT2D eigenvalue weighted by Gasteiger charge is 2.15. The molecule has 2 unspecified atom stereocenters. The maximum atomic E-state index is 10.8. The molecule has 3 N–H and O–H groups in total. The van der Waals surface area contributed by atoms with Crippen molar-refractivity contribution < 1.29 is 9.53 Å². The quantitative estimate of drug-likeness (QED) is 0.590. The first-order valence-electron chi connectivity index (χ1n) is 4.16. The van der Waals surface area contributed by atoms with E-state index in [-0.39, 0.29) is 18.0 Å². The number of ether oxygens (including phenoxy) is 1. The number of carbonyl (C=O) groups excluding carboxylic acids is 1. The number of hydrogen-bond donors (Lipinski definition) is 2. The van der Waals surface area contributed by atoms with Gasteiger partial charge in [0.2, 0.25) is 5.91 Å². The average Bonchev–Trinajstić information content (AvgIpc) is 2.03. The Labute approximate surface area is 73.5 Å². The Hall–Kier alpha value is -0.610. The highest BCUT2D eigenvalue weighted by molar-refractivity contribution is 5.80. The second kappa shape index (κ2) is 5.97. The molecule has 0 bridgehead atoms. The van der Waals surface area contributed by atoms with Gasteiger partial charge in [0.05, 0.1) is 6.61 Å². The number of carbonyl (C=O) groups is 1. The molecule has 0 aliphatic rings. The van der Waals surface area contributed by atoms with Crippen LogP contribution >= 0.6 is 0 Å². The van der Waals surface area contributed by atoms with E-state index in [0.29, 0.717) is 6.61 Å². The minimum absolute atomic E-state index is 0.289. The first-order valence-corrected chi connectivity index (χ1v) is 4.16. The number of nitrogens with two attached hydrogens (primary N) is 1. The fourth-order valence-corrected chi connectivity index (χ4v) is 0.840. The number of amides is 1. The molecule has 0 saturated heterocycles. The second-order valence-corrected chi connectivity index (χ2v) is 2.89. The Kier molecular flexibility index (Phi) is 5.66. The first-order chi connectivity index (χ1) is 5.61. The molecule has 0 aliphatic heterocycles. The molecular formula is C8H18N2O2. The molecule has 2 atom stereocenters. The van der Waals surface area contributed by atoms with Crippen molar-refractivity contribution in [3.8, 4) is 0 Å². The summed E-state index contributed by atoms with van der Waals surface area (Å²) in [6, 6.07) is -0.0809. The second-order valence-electron chi connectivity index (χ2n) is 2.89. The van der Waals surface area contributed by atoms with E-state index in [1.54, 1.807) is 7.11 Å². The predicted molar refractivity (Wildman–Crippen MR) is 47.7 cm³/mol. The van der Waals surface area contributed by atoms with E-state index in [0.717, 1.165) is 6.42 Å². The van der Waals surface area contributed by atoms with Crippen LogP contribution in [-0.2, 0) is 9.53 Å². The standard InChI is InChI=1S/C8H18N2O2/c1-4-6(2)10-7(5-12-3)8(9)11/h6-7,10H,4-5H2,1-3H3,(H2,9,11). The van der Waals surface area contributed by atoms with Crippen LogP contribution < -0.4 is 11.1 Å². The molecule has 0 saturated carbocycles. The molecule has 0 aromatic rings. The minimum Gasteiger partial charge on any atom is -0.383 e. The van der Waals surface area contributed by atoms with Crippen molar-refractivity contribution in [2.75, 3.05) is 13.7 Å². The summed E-state index contributed by atoms with van der Waals surface area (Å²) in [5, 5.41) is 3.07. The maximum absolute atomic E-state index is 10.8. The maximum Gasteiger partial charge on any atom is 0.236 e. The molecule has 0 heterocycles. The smallest absolute Gasteiger partial charge is 0.236 e. The summed E-state index contributed by atoms with van der Waals surface area (Å²) in [6.45, 7) is 4.38. The van der Waals surface area contributed by atoms with Crippen LogP contribution in [0.5, 0.6) is 0 Å². The molecule has 0 aromatic heterocycles. The van der Waals surface area contributed by atoms with Crippen LogP contribution in [0.4, 0.5) is 0 Å². The van der Waals surface area contributed by atoms with Crippen molar-refractivity contribution in [1.29, 1.82) is 0 Å². The van der Waals surface area contributed by atoms with E-state index in [2.05, 4.69) is 5.32 Å². The van der Waals surface area contributed by atoms with Gasteiger partial charge in [-0.1, -0.05) is 6.92 Å². The first kappa shape index (κ1) is 11.4. The lowest BCUT2D eigenvalue weighted by molar-refractivity contribution is -0.121. The monoisotopic (exact) mass is 174 g/mol. The van der Waals surface area contributed by atoms with Crippen LogP contribution in [0.25, 0.3) is 0 Å². The van der Waals surface area contributed by atoms with Crippen LogP contribution in [0.15, 0.2) is 0 Å². The van der Waals surface area contributed by atoms with Crippen molar-refractivity contribution in [3.05, 3.63) is 0 Å². The third-order valence-electron chi connectivity index (χ3n) is 1.77. The van der Waals surface area contributed by atoms with Crippen LogP contribution in [0.2, 0.25) is 0 Å². The van der Waals surface area contributed by atoms with E-state index >= 15 is 0 Å². The largest absolute Gasteiger partial charge is 0.383 e. The molecule has 72 valence electrons. The third kappa shape index (κ3) is 4.31. The third-order valence-corrected chi connectivity index (χ3v) is 1.77. The zero-order chi connectivity index (χ0) is 9.56. The zero-order valence-corrected chi connectivity index (χ0v) is 7.96. The van der Waals surface area contributed by atoms with E-state index in [4.69, 9.17) is 10.5 Å². The number of methoxy groups -OCH3 is 1. The van der Waals surface area contributed by atoms with E-state index < -0.39 is 0 Å². The molecule has 0 aliphatic carbocycles. The van der Waals surface area contributed by atoms with Gasteiger partial charge in [-0.25, -0.2) is 0 Å². The molecule has 12 heavy (non-hydrogen) atoms. The summed E-state index contributed by atoms with van der Waals surface area (Å²) >= 11 is 0. The molecule has 0 radical (unpaired) electrons. The van der Waals surface area contributed by atoms with E-state index in [1.165, 1.54) is 0 Å². The summed E-state index contributed by atoms with van der Waals surface area (Å²) in [5.41, 5.74) is 5.14. The molecule has 0 aromatic carbocycles. The van der Waals surface area contributed by atoms with Gasteiger partial charge in [0.25, 0.3) is 0 Å². The lowest BCUT2D eigenvalue weighted by atomic mass is 10.2. The van der Waals surface area contributed by atoms with Gasteiger partial charge in [0.15, 0.2) is 0 Å². The SMILES string of the molecule is CCC(C)NC(COC)C(N)=O. The van der Waals surface area contributed by atoms with Gasteiger partial charge in [-0.2, -0.15) is 0 Å². The van der Waals surface area contributed by atoms with Crippen LogP contribution in [0.3, 0.4) is 0 Å². The summed E-state index contributed by atoms with van der Waals surface area (Å²) in [6.07, 6.45) is 0.966. The van der Waals surface area contributed by atoms with Crippen LogP contribution in [0.1, 0.15) is 20.3 Å². The van der Waals surface area contributed by atoms with Crippen molar-refractivity contribution in [2.45, 2.75) is 32.4 Å². The van der Waals surface area contributed by atoms with Gasteiger partial charge in [-0.05, 0) is 13.3 Å². The lowest BCUT2D eigenvalue weighted by Crippen LogP contribution is -2.47. The summed E-state index contributed by atoms with van der Waals surface area (Å²) in [5.74, 6) is -0.364. The topological polar surface area (TPSA) is 64.3 Å². The van der Waals surface area contributed by atoms with Crippen LogP contribution in [0, 0.1) is 0 Å². The van der Waals surface area contributed by atoms with Gasteiger partial charge in [-0.3, -0.25) is 4.79 Å². The Morgan fingerprint density at radius 1 is 1.67 bits per heavy atom. The molecule has 0 rings (SSSR count). The number of primary amides is 1. The molecule has 1 amide bonds. The highest BCUT2D eigenvalue weighted by atomic mass is 16.5. The van der Waals surface area contributed by atoms with Crippen LogP contribution in [-0.4, -0.2) is 31.7 Å². The fourth-order valence-electron chi connectivity index (χ4n) is 0.840. The number of hydrogen-bond acceptors (Lipinski definition) is 3. The normalized spacial score (nSPS) is 15.6. The Morgan fingerprint density at radius 3 is 2.58 bits per heavy atom. The van der Waals surface area contributed by atoms with Gasteiger partial charge >= 0.3 is 0 Å². The lowest BCUT2D eigenvalue weighted by Gasteiger charge is -2.18. The zero-order valence-electron chi connectivity index (χ0n) is 7.96. The van der Waals surface area contributed by atoms with Crippen molar-refractivity contribution in [2.24, 2.45) is 5.73 Å². The van der Waals surface area contributed by atoms with Gasteiger partial charge in [0.1, 0.15) is 6.04 Å². The molecule has 4 nitrogen and oxygen atoms in total. The van der Waals surface area contributed by atoms with Crippen molar-refractivity contribution in [3.63, 3.8) is 0 Å². The summed E-state index contributed by atoms with van der Waals surface area (Å²) in [4.78, 5) is 10.8. The fraction of sp³-hybridized carbons (Fsp3) is 0.875. The Bertz CT molecular complexity index is 139. The Balaban J connectivity index is 3.86. The molecule has 0 fully saturated rings. The minimum atomic E-state index is -0.370. The van der Waals surface area contributed by atoms with Crippen molar-refractivity contribution in [1.82, 2.24) is 5.32 Å². The highest BCUT2D eigenvalue weighted by Crippen LogP contribution is 1.92. The average molecular weight is 174 g/mol.